The van der Waals surface area contributed by atoms with E-state index in [9.17, 15) is 9.59 Å². The van der Waals surface area contributed by atoms with Crippen LogP contribution in [0.1, 0.15) is 22.8 Å². The predicted molar refractivity (Wildman–Crippen MR) is 91.3 cm³/mol. The van der Waals surface area contributed by atoms with Crippen LogP contribution in [0.4, 0.5) is 0 Å². The Morgan fingerprint density at radius 3 is 2.38 bits per heavy atom. The number of nitrogens with two attached hydrogens (primary N) is 1. The summed E-state index contributed by atoms with van der Waals surface area (Å²) in [6.45, 7) is 2.15. The number of hydrazine groups is 1. The molecule has 1 atom stereocenters. The average Bonchev–Trinajstić information content (AvgIpc) is 2.62. The van der Waals surface area contributed by atoms with Crippen LogP contribution < -0.4 is 21.3 Å². The minimum Gasteiger partial charge on any atom is -0.481 e. The van der Waals surface area contributed by atoms with Gasteiger partial charge in [0, 0.05) is 12.1 Å². The molecular formula is C18H21N3O3. The molecule has 0 spiro atoms. The Balaban J connectivity index is 1.83. The van der Waals surface area contributed by atoms with E-state index in [0.29, 0.717) is 17.9 Å². The highest BCUT2D eigenvalue weighted by Crippen LogP contribution is 2.14. The predicted octanol–water partition coefficient (Wildman–Crippen LogP) is 1.42. The molecule has 0 saturated carbocycles. The molecule has 6 nitrogen and oxygen atoms in total. The average molecular weight is 327 g/mol. The molecule has 0 bridgehead atoms. The lowest BCUT2D eigenvalue weighted by atomic mass is 10.1. The molecule has 0 saturated heterocycles. The molecule has 6 heteroatoms. The van der Waals surface area contributed by atoms with Gasteiger partial charge in [-0.15, -0.1) is 0 Å². The number of amides is 2. The number of carbonyl (C=O) groups excluding carboxylic acids is 2. The van der Waals surface area contributed by atoms with Crippen molar-refractivity contribution in [3.8, 4) is 5.75 Å². The summed E-state index contributed by atoms with van der Waals surface area (Å²) in [5, 5.41) is 2.87. The molecule has 0 aliphatic heterocycles. The van der Waals surface area contributed by atoms with Gasteiger partial charge in [-0.3, -0.25) is 15.0 Å². The summed E-state index contributed by atoms with van der Waals surface area (Å²) >= 11 is 0. The minimum atomic E-state index is -0.708. The Labute approximate surface area is 141 Å². The van der Waals surface area contributed by atoms with E-state index >= 15 is 0 Å². The van der Waals surface area contributed by atoms with Gasteiger partial charge in [-0.05, 0) is 43.2 Å². The highest BCUT2D eigenvalue weighted by atomic mass is 16.5. The molecule has 24 heavy (non-hydrogen) atoms. The summed E-state index contributed by atoms with van der Waals surface area (Å²) in [7, 11) is 0. The second kappa shape index (κ2) is 8.69. The maximum atomic E-state index is 12.1. The molecule has 2 rings (SSSR count). The Bertz CT molecular complexity index is 672. The third kappa shape index (κ3) is 5.10. The molecular weight excluding hydrogens is 306 g/mol. The maximum absolute atomic E-state index is 12.1. The number of rotatable bonds is 7. The van der Waals surface area contributed by atoms with Crippen LogP contribution in [0, 0.1) is 0 Å². The van der Waals surface area contributed by atoms with Crippen LogP contribution in [0.2, 0.25) is 0 Å². The van der Waals surface area contributed by atoms with Gasteiger partial charge in [0.15, 0.2) is 6.10 Å². The summed E-state index contributed by atoms with van der Waals surface area (Å²) in [5.41, 5.74) is 3.73. The quantitative estimate of drug-likeness (QED) is 0.407. The third-order valence-corrected chi connectivity index (χ3v) is 3.48. The van der Waals surface area contributed by atoms with Crippen LogP contribution in [0.15, 0.2) is 54.6 Å². The zero-order valence-corrected chi connectivity index (χ0v) is 13.5. The molecule has 0 radical (unpaired) electrons. The lowest BCUT2D eigenvalue weighted by molar-refractivity contribution is -0.127. The van der Waals surface area contributed by atoms with E-state index in [2.05, 4.69) is 5.32 Å². The fourth-order valence-electron chi connectivity index (χ4n) is 2.13. The first-order valence-electron chi connectivity index (χ1n) is 7.69. The second-order valence-electron chi connectivity index (χ2n) is 5.28. The zero-order valence-electron chi connectivity index (χ0n) is 13.5. The van der Waals surface area contributed by atoms with Gasteiger partial charge in [-0.2, -0.15) is 0 Å². The Morgan fingerprint density at radius 2 is 1.75 bits per heavy atom. The van der Waals surface area contributed by atoms with Crippen LogP contribution >= 0.6 is 0 Å². The summed E-state index contributed by atoms with van der Waals surface area (Å²) in [6, 6.07) is 16.6. The van der Waals surface area contributed by atoms with E-state index in [-0.39, 0.29) is 5.91 Å². The van der Waals surface area contributed by atoms with Crippen LogP contribution in [0.3, 0.4) is 0 Å². The normalized spacial score (nSPS) is 11.4. The lowest BCUT2D eigenvalue weighted by Gasteiger charge is -2.13. The number of ether oxygens (including phenoxy) is 1. The van der Waals surface area contributed by atoms with E-state index in [1.54, 1.807) is 31.2 Å². The van der Waals surface area contributed by atoms with Crippen molar-refractivity contribution in [1.29, 1.82) is 0 Å². The molecule has 0 aromatic heterocycles. The fourth-order valence-corrected chi connectivity index (χ4v) is 2.13. The molecule has 2 aromatic carbocycles. The largest absolute Gasteiger partial charge is 0.481 e. The van der Waals surface area contributed by atoms with Crippen molar-refractivity contribution in [3.05, 3.63) is 65.7 Å². The summed E-state index contributed by atoms with van der Waals surface area (Å²) < 4.78 is 5.42. The van der Waals surface area contributed by atoms with E-state index in [4.69, 9.17) is 10.6 Å². The van der Waals surface area contributed by atoms with Crippen molar-refractivity contribution in [2.45, 2.75) is 19.4 Å². The molecule has 2 amide bonds. The summed E-state index contributed by atoms with van der Waals surface area (Å²) in [6.07, 6.45) is 0.0694. The van der Waals surface area contributed by atoms with Gasteiger partial charge in [0.25, 0.3) is 11.8 Å². The highest BCUT2D eigenvalue weighted by Gasteiger charge is 2.13. The van der Waals surface area contributed by atoms with E-state index in [0.717, 1.165) is 6.42 Å². The Hall–Kier alpha value is -2.86. The van der Waals surface area contributed by atoms with Gasteiger partial charge >= 0.3 is 0 Å². The first kappa shape index (κ1) is 17.5. The van der Waals surface area contributed by atoms with E-state index in [1.807, 2.05) is 35.8 Å². The molecule has 126 valence electrons. The topological polar surface area (TPSA) is 93.4 Å². The van der Waals surface area contributed by atoms with Crippen molar-refractivity contribution < 1.29 is 14.3 Å². The first-order chi connectivity index (χ1) is 11.6. The van der Waals surface area contributed by atoms with Crippen LogP contribution in [0.25, 0.3) is 0 Å². The van der Waals surface area contributed by atoms with Gasteiger partial charge in [-0.25, -0.2) is 5.84 Å². The monoisotopic (exact) mass is 327 g/mol. The van der Waals surface area contributed by atoms with Crippen molar-refractivity contribution >= 4 is 11.8 Å². The Kier molecular flexibility index (Phi) is 6.33. The number of nitrogens with one attached hydrogen (secondary N) is 2. The molecule has 0 aliphatic rings. The van der Waals surface area contributed by atoms with Crippen molar-refractivity contribution in [2.24, 2.45) is 5.84 Å². The molecule has 2 aromatic rings. The number of hydrogen-bond donors (Lipinski definition) is 3. The maximum Gasteiger partial charge on any atom is 0.274 e. The molecule has 0 fully saturated rings. The van der Waals surface area contributed by atoms with Crippen molar-refractivity contribution in [2.75, 3.05) is 6.54 Å². The molecule has 4 N–H and O–H groups in total. The van der Waals surface area contributed by atoms with E-state index < -0.39 is 12.0 Å². The molecule has 1 unspecified atom stereocenters. The third-order valence-electron chi connectivity index (χ3n) is 3.48. The van der Waals surface area contributed by atoms with Gasteiger partial charge in [0.05, 0.1) is 0 Å². The van der Waals surface area contributed by atoms with Gasteiger partial charge in [-0.1, -0.05) is 30.3 Å². The van der Waals surface area contributed by atoms with Crippen molar-refractivity contribution in [3.63, 3.8) is 0 Å². The fraction of sp³-hybridized carbons (Fsp3) is 0.222. The molecule has 0 aliphatic carbocycles. The van der Waals surface area contributed by atoms with Crippen LogP contribution in [-0.2, 0) is 11.2 Å². The second-order valence-corrected chi connectivity index (χ2v) is 5.28. The van der Waals surface area contributed by atoms with Gasteiger partial charge < -0.3 is 10.1 Å². The van der Waals surface area contributed by atoms with Gasteiger partial charge in [0.1, 0.15) is 5.75 Å². The SMILES string of the molecule is CC(Oc1ccc(C(=O)NCCc2ccccc2)cc1)C(=O)NN. The molecule has 0 heterocycles. The number of carbonyl (C=O) groups is 2. The Morgan fingerprint density at radius 1 is 1.08 bits per heavy atom. The minimum absolute atomic E-state index is 0.148. The van der Waals surface area contributed by atoms with E-state index in [1.165, 1.54) is 5.56 Å². The lowest BCUT2D eigenvalue weighted by Crippen LogP contribution is -2.40. The smallest absolute Gasteiger partial charge is 0.274 e. The summed E-state index contributed by atoms with van der Waals surface area (Å²) in [4.78, 5) is 23.4. The summed E-state index contributed by atoms with van der Waals surface area (Å²) in [5.74, 6) is 4.97. The number of hydrogen-bond acceptors (Lipinski definition) is 4. The van der Waals surface area contributed by atoms with Crippen molar-refractivity contribution in [1.82, 2.24) is 10.7 Å². The standard InChI is InChI=1S/C18H21N3O3/c1-13(17(22)21-19)24-16-9-7-15(8-10-16)18(23)20-12-11-14-5-3-2-4-6-14/h2-10,13H,11-12,19H2,1H3,(H,20,23)(H,21,22). The van der Waals surface area contributed by atoms with Crippen LogP contribution in [0.5, 0.6) is 5.75 Å². The van der Waals surface area contributed by atoms with Crippen LogP contribution in [-0.4, -0.2) is 24.5 Å². The zero-order chi connectivity index (χ0) is 17.4. The van der Waals surface area contributed by atoms with Gasteiger partial charge in [0.2, 0.25) is 0 Å². The highest BCUT2D eigenvalue weighted by molar-refractivity contribution is 5.94. The number of benzene rings is 2. The first-order valence-corrected chi connectivity index (χ1v) is 7.69.